The van der Waals surface area contributed by atoms with Crippen molar-refractivity contribution in [1.82, 2.24) is 10.2 Å². The first kappa shape index (κ1) is 20.9. The van der Waals surface area contributed by atoms with Crippen LogP contribution in [0.5, 0.6) is 5.75 Å². The minimum Gasteiger partial charge on any atom is -0.497 e. The molecule has 0 aliphatic carbocycles. The number of aliphatic imine (C=N–C) groups is 1. The highest BCUT2D eigenvalue weighted by molar-refractivity contribution is 5.80. The molecule has 0 amide bonds. The van der Waals surface area contributed by atoms with Crippen LogP contribution in [-0.2, 0) is 9.47 Å². The van der Waals surface area contributed by atoms with Gasteiger partial charge < -0.3 is 24.4 Å². The Morgan fingerprint density at radius 3 is 2.71 bits per heavy atom. The summed E-state index contributed by atoms with van der Waals surface area (Å²) >= 11 is 0. The second kappa shape index (κ2) is 11.3. The van der Waals surface area contributed by atoms with Crippen LogP contribution in [0.15, 0.2) is 29.3 Å². The van der Waals surface area contributed by atoms with E-state index in [1.165, 1.54) is 5.56 Å². The lowest BCUT2D eigenvalue weighted by Gasteiger charge is -2.23. The number of benzene rings is 1. The van der Waals surface area contributed by atoms with E-state index in [0.29, 0.717) is 12.0 Å². The number of nitrogens with zero attached hydrogens (tertiary/aromatic N) is 2. The predicted molar refractivity (Wildman–Crippen MR) is 112 cm³/mol. The van der Waals surface area contributed by atoms with Gasteiger partial charge in [0, 0.05) is 51.9 Å². The van der Waals surface area contributed by atoms with Crippen molar-refractivity contribution in [2.45, 2.75) is 44.6 Å². The van der Waals surface area contributed by atoms with Crippen molar-refractivity contribution in [1.29, 1.82) is 0 Å². The van der Waals surface area contributed by atoms with Gasteiger partial charge in [-0.05, 0) is 50.3 Å². The van der Waals surface area contributed by atoms with E-state index in [1.807, 2.05) is 0 Å². The van der Waals surface area contributed by atoms with Crippen LogP contribution in [0.1, 0.15) is 44.1 Å². The van der Waals surface area contributed by atoms with Crippen molar-refractivity contribution >= 4 is 5.96 Å². The van der Waals surface area contributed by atoms with Crippen molar-refractivity contribution in [3.63, 3.8) is 0 Å². The lowest BCUT2D eigenvalue weighted by Crippen LogP contribution is -2.40. The molecule has 3 rings (SSSR count). The summed E-state index contributed by atoms with van der Waals surface area (Å²) in [6.07, 6.45) is 4.53. The lowest BCUT2D eigenvalue weighted by atomic mass is 9.98. The van der Waals surface area contributed by atoms with Crippen molar-refractivity contribution in [2.75, 3.05) is 53.1 Å². The maximum Gasteiger partial charge on any atom is 0.193 e. The lowest BCUT2D eigenvalue weighted by molar-refractivity contribution is -0.0318. The van der Waals surface area contributed by atoms with Gasteiger partial charge >= 0.3 is 0 Å². The summed E-state index contributed by atoms with van der Waals surface area (Å²) in [5.41, 5.74) is 1.38. The number of hydrogen-bond acceptors (Lipinski definition) is 4. The SMILES string of the molecule is CCNC(=NCCCOC1CCOCC1)N1CCC(c2ccc(OC)cc2)C1. The van der Waals surface area contributed by atoms with E-state index in [0.717, 1.165) is 83.4 Å². The molecule has 1 unspecified atom stereocenters. The molecular formula is C22H35N3O3. The largest absolute Gasteiger partial charge is 0.497 e. The summed E-state index contributed by atoms with van der Waals surface area (Å²) in [6.45, 7) is 8.31. The maximum absolute atomic E-state index is 5.95. The molecule has 1 aromatic rings. The number of likely N-dealkylation sites (tertiary alicyclic amines) is 1. The Balaban J connectivity index is 1.45. The molecule has 1 aromatic carbocycles. The van der Waals surface area contributed by atoms with Crippen molar-refractivity contribution in [3.8, 4) is 5.75 Å². The summed E-state index contributed by atoms with van der Waals surface area (Å²) in [5, 5.41) is 3.45. The molecule has 1 atom stereocenters. The first-order valence-corrected chi connectivity index (χ1v) is 10.7. The molecule has 6 heteroatoms. The second-order valence-corrected chi connectivity index (χ2v) is 7.48. The average molecular weight is 390 g/mol. The molecule has 0 aromatic heterocycles. The van der Waals surface area contributed by atoms with Crippen LogP contribution in [0.4, 0.5) is 0 Å². The first-order valence-electron chi connectivity index (χ1n) is 10.7. The van der Waals surface area contributed by atoms with Crippen LogP contribution in [0.3, 0.4) is 0 Å². The van der Waals surface area contributed by atoms with E-state index in [-0.39, 0.29) is 0 Å². The number of nitrogens with one attached hydrogen (secondary N) is 1. The summed E-state index contributed by atoms with van der Waals surface area (Å²) in [4.78, 5) is 7.23. The van der Waals surface area contributed by atoms with Crippen LogP contribution in [0.25, 0.3) is 0 Å². The van der Waals surface area contributed by atoms with Crippen molar-refractivity contribution in [3.05, 3.63) is 29.8 Å². The van der Waals surface area contributed by atoms with E-state index in [9.17, 15) is 0 Å². The van der Waals surface area contributed by atoms with Crippen LogP contribution in [0.2, 0.25) is 0 Å². The van der Waals surface area contributed by atoms with Gasteiger partial charge in [0.05, 0.1) is 13.2 Å². The van der Waals surface area contributed by atoms with Crippen molar-refractivity contribution in [2.24, 2.45) is 4.99 Å². The molecule has 0 saturated carbocycles. The van der Waals surface area contributed by atoms with E-state index in [4.69, 9.17) is 19.2 Å². The fourth-order valence-corrected chi connectivity index (χ4v) is 3.87. The number of methoxy groups -OCH3 is 1. The molecule has 2 aliphatic heterocycles. The molecule has 2 saturated heterocycles. The van der Waals surface area contributed by atoms with E-state index in [2.05, 4.69) is 41.4 Å². The van der Waals surface area contributed by atoms with E-state index < -0.39 is 0 Å². The van der Waals surface area contributed by atoms with Gasteiger partial charge in [-0.15, -0.1) is 0 Å². The van der Waals surface area contributed by atoms with Gasteiger partial charge in [0.2, 0.25) is 0 Å². The normalized spacial score (nSPS) is 21.1. The molecule has 28 heavy (non-hydrogen) atoms. The highest BCUT2D eigenvalue weighted by Crippen LogP contribution is 2.28. The molecule has 6 nitrogen and oxygen atoms in total. The smallest absolute Gasteiger partial charge is 0.193 e. The van der Waals surface area contributed by atoms with Gasteiger partial charge in [0.1, 0.15) is 5.75 Å². The van der Waals surface area contributed by atoms with Gasteiger partial charge in [-0.3, -0.25) is 4.99 Å². The minimum absolute atomic E-state index is 0.370. The van der Waals surface area contributed by atoms with Gasteiger partial charge in [0.25, 0.3) is 0 Å². The molecule has 0 radical (unpaired) electrons. The predicted octanol–water partition coefficient (Wildman–Crippen LogP) is 3.04. The third-order valence-corrected chi connectivity index (χ3v) is 5.50. The highest BCUT2D eigenvalue weighted by Gasteiger charge is 2.26. The van der Waals surface area contributed by atoms with Crippen LogP contribution >= 0.6 is 0 Å². The Bertz CT molecular complexity index is 600. The Labute approximate surface area is 169 Å². The van der Waals surface area contributed by atoms with Gasteiger partial charge in [0.15, 0.2) is 5.96 Å². The number of guanidine groups is 1. The average Bonchev–Trinajstić information content (AvgIpc) is 3.24. The third kappa shape index (κ3) is 6.11. The Hall–Kier alpha value is -1.79. The van der Waals surface area contributed by atoms with E-state index in [1.54, 1.807) is 7.11 Å². The Kier molecular flexibility index (Phi) is 8.42. The molecule has 1 N–H and O–H groups in total. The van der Waals surface area contributed by atoms with Crippen LogP contribution < -0.4 is 10.1 Å². The fourth-order valence-electron chi connectivity index (χ4n) is 3.87. The molecule has 0 spiro atoms. The first-order chi connectivity index (χ1) is 13.8. The summed E-state index contributed by atoms with van der Waals surface area (Å²) < 4.78 is 16.6. The third-order valence-electron chi connectivity index (χ3n) is 5.50. The maximum atomic E-state index is 5.95. The quantitative estimate of drug-likeness (QED) is 0.421. The summed E-state index contributed by atoms with van der Waals surface area (Å²) in [7, 11) is 1.71. The molecule has 0 bridgehead atoms. The highest BCUT2D eigenvalue weighted by atomic mass is 16.5. The topological polar surface area (TPSA) is 55.3 Å². The second-order valence-electron chi connectivity index (χ2n) is 7.48. The number of rotatable bonds is 8. The van der Waals surface area contributed by atoms with Crippen LogP contribution in [0, 0.1) is 0 Å². The number of ether oxygens (including phenoxy) is 3. The number of hydrogen-bond donors (Lipinski definition) is 1. The van der Waals surface area contributed by atoms with Crippen molar-refractivity contribution < 1.29 is 14.2 Å². The zero-order valence-electron chi connectivity index (χ0n) is 17.4. The zero-order valence-corrected chi connectivity index (χ0v) is 17.4. The molecule has 2 heterocycles. The molecule has 2 fully saturated rings. The zero-order chi connectivity index (χ0) is 19.6. The monoisotopic (exact) mass is 389 g/mol. The Morgan fingerprint density at radius 1 is 1.21 bits per heavy atom. The Morgan fingerprint density at radius 2 is 2.00 bits per heavy atom. The van der Waals surface area contributed by atoms with Gasteiger partial charge in [-0.25, -0.2) is 0 Å². The molecular weight excluding hydrogens is 354 g/mol. The molecule has 156 valence electrons. The fraction of sp³-hybridized carbons (Fsp3) is 0.682. The van der Waals surface area contributed by atoms with E-state index >= 15 is 0 Å². The summed E-state index contributed by atoms with van der Waals surface area (Å²) in [6, 6.07) is 8.47. The molecule has 2 aliphatic rings. The summed E-state index contributed by atoms with van der Waals surface area (Å²) in [5.74, 6) is 2.49. The van der Waals surface area contributed by atoms with Gasteiger partial charge in [-0.2, -0.15) is 0 Å². The minimum atomic E-state index is 0.370. The standard InChI is InChI=1S/C22H35N3O3/c1-3-23-22(24-12-4-14-28-21-10-15-27-16-11-21)25-13-9-19(17-25)18-5-7-20(26-2)8-6-18/h5-8,19,21H,3-4,9-17H2,1-2H3,(H,23,24). The van der Waals surface area contributed by atoms with Crippen LogP contribution in [-0.4, -0.2) is 70.1 Å². The van der Waals surface area contributed by atoms with Gasteiger partial charge in [-0.1, -0.05) is 12.1 Å².